The minimum atomic E-state index is -0.647. The normalized spacial score (nSPS) is 11.2. The molecule has 0 saturated heterocycles. The van der Waals surface area contributed by atoms with Crippen LogP contribution in [0.25, 0.3) is 49.6 Å². The molecular formula is C30H18Cl2N4O3. The van der Waals surface area contributed by atoms with Gasteiger partial charge in [-0.15, -0.1) is 0 Å². The molecule has 0 radical (unpaired) electrons. The Morgan fingerprint density at radius 2 is 1.62 bits per heavy atom. The third kappa shape index (κ3) is 4.18. The zero-order valence-corrected chi connectivity index (χ0v) is 21.6. The molecule has 6 rings (SSSR count). The van der Waals surface area contributed by atoms with Gasteiger partial charge in [-0.25, -0.2) is 9.36 Å². The number of nitrogens with two attached hydrogens (primary N) is 1. The van der Waals surface area contributed by atoms with Crippen LogP contribution >= 0.6 is 23.2 Å². The number of pyridine rings is 1. The van der Waals surface area contributed by atoms with Crippen molar-refractivity contribution in [2.75, 3.05) is 0 Å². The Hall–Kier alpha value is -4.72. The van der Waals surface area contributed by atoms with E-state index in [2.05, 4.69) is 9.97 Å². The summed E-state index contributed by atoms with van der Waals surface area (Å²) in [4.78, 5) is 45.7. The molecule has 0 aliphatic heterocycles. The molecule has 2 aromatic heterocycles. The molecule has 0 aliphatic carbocycles. The summed E-state index contributed by atoms with van der Waals surface area (Å²) in [6.45, 7) is 0. The van der Waals surface area contributed by atoms with Crippen LogP contribution in [0.5, 0.6) is 0 Å². The number of nitrogens with zero attached hydrogens (tertiary/aromatic N) is 2. The summed E-state index contributed by atoms with van der Waals surface area (Å²) in [5.74, 6) is -0.647. The summed E-state index contributed by atoms with van der Waals surface area (Å²) < 4.78 is 1.09. The Morgan fingerprint density at radius 1 is 0.821 bits per heavy atom. The van der Waals surface area contributed by atoms with Crippen LogP contribution in [-0.2, 0) is 0 Å². The van der Waals surface area contributed by atoms with E-state index in [0.29, 0.717) is 38.3 Å². The smallest absolute Gasteiger partial charge is 0.333 e. The van der Waals surface area contributed by atoms with Crippen molar-refractivity contribution in [3.05, 3.63) is 128 Å². The molecule has 7 nitrogen and oxygen atoms in total. The average Bonchev–Trinajstić information content (AvgIpc) is 2.93. The molecular weight excluding hydrogens is 535 g/mol. The maximum Gasteiger partial charge on any atom is 0.333 e. The van der Waals surface area contributed by atoms with Gasteiger partial charge in [-0.1, -0.05) is 71.7 Å². The van der Waals surface area contributed by atoms with Crippen molar-refractivity contribution in [1.29, 1.82) is 0 Å². The molecule has 0 bridgehead atoms. The highest BCUT2D eigenvalue weighted by molar-refractivity contribution is 6.35. The SMILES string of the molecule is NC(=O)c1cc(-c2cccc(Cl)c2-c2ccc3c(=O)n(-c4cncc5ccccc45)c(=O)[nH]c3c2)ccc1Cl. The molecule has 0 aliphatic rings. The summed E-state index contributed by atoms with van der Waals surface area (Å²) in [7, 11) is 0. The highest BCUT2D eigenvalue weighted by atomic mass is 35.5. The Morgan fingerprint density at radius 3 is 2.44 bits per heavy atom. The first kappa shape index (κ1) is 24.6. The Bertz CT molecular complexity index is 2080. The molecule has 2 heterocycles. The minimum absolute atomic E-state index is 0.186. The van der Waals surface area contributed by atoms with Gasteiger partial charge < -0.3 is 10.7 Å². The van der Waals surface area contributed by atoms with Gasteiger partial charge in [-0.2, -0.15) is 0 Å². The molecule has 39 heavy (non-hydrogen) atoms. The van der Waals surface area contributed by atoms with E-state index in [9.17, 15) is 14.4 Å². The topological polar surface area (TPSA) is 111 Å². The number of primary amides is 1. The summed E-state index contributed by atoms with van der Waals surface area (Å²) in [5.41, 5.74) is 8.09. The van der Waals surface area contributed by atoms with Gasteiger partial charge in [-0.3, -0.25) is 14.6 Å². The van der Waals surface area contributed by atoms with Gasteiger partial charge in [0.2, 0.25) is 5.91 Å². The van der Waals surface area contributed by atoms with E-state index in [-0.39, 0.29) is 10.6 Å². The van der Waals surface area contributed by atoms with Crippen LogP contribution in [0.3, 0.4) is 0 Å². The van der Waals surface area contributed by atoms with E-state index in [4.69, 9.17) is 28.9 Å². The number of hydrogen-bond acceptors (Lipinski definition) is 4. The molecule has 0 saturated carbocycles. The summed E-state index contributed by atoms with van der Waals surface area (Å²) in [5, 5.41) is 2.55. The first-order valence-corrected chi connectivity index (χ1v) is 12.6. The lowest BCUT2D eigenvalue weighted by Crippen LogP contribution is -2.33. The maximum absolute atomic E-state index is 13.6. The lowest BCUT2D eigenvalue weighted by Gasteiger charge is -2.14. The van der Waals surface area contributed by atoms with Crippen molar-refractivity contribution in [3.8, 4) is 27.9 Å². The van der Waals surface area contributed by atoms with E-state index >= 15 is 0 Å². The number of fused-ring (bicyclic) bond motifs is 2. The second-order valence-electron chi connectivity index (χ2n) is 8.93. The fourth-order valence-corrected chi connectivity index (χ4v) is 5.31. The number of carbonyl (C=O) groups excluding carboxylic acids is 1. The summed E-state index contributed by atoms with van der Waals surface area (Å²) in [6.07, 6.45) is 3.18. The molecule has 1 amide bonds. The predicted octanol–water partition coefficient (Wildman–Crippen LogP) is 5.97. The first-order valence-electron chi connectivity index (χ1n) is 11.8. The number of benzene rings is 4. The average molecular weight is 553 g/mol. The van der Waals surface area contributed by atoms with Crippen LogP contribution in [0.2, 0.25) is 10.0 Å². The molecule has 4 aromatic carbocycles. The number of aromatic amines is 1. The van der Waals surface area contributed by atoms with Crippen molar-refractivity contribution in [2.24, 2.45) is 5.73 Å². The first-order chi connectivity index (χ1) is 18.8. The largest absolute Gasteiger partial charge is 0.366 e. The van der Waals surface area contributed by atoms with Crippen molar-refractivity contribution in [2.45, 2.75) is 0 Å². The number of aromatic nitrogens is 3. The molecule has 0 fully saturated rings. The number of H-pyrrole nitrogens is 1. The van der Waals surface area contributed by atoms with Crippen molar-refractivity contribution in [3.63, 3.8) is 0 Å². The molecule has 0 spiro atoms. The van der Waals surface area contributed by atoms with Gasteiger partial charge in [0.25, 0.3) is 5.56 Å². The van der Waals surface area contributed by atoms with Crippen LogP contribution in [0.1, 0.15) is 10.4 Å². The second-order valence-corrected chi connectivity index (χ2v) is 9.75. The maximum atomic E-state index is 13.6. The number of halogens is 2. The molecule has 3 N–H and O–H groups in total. The molecule has 6 aromatic rings. The number of nitrogens with one attached hydrogen (secondary N) is 1. The van der Waals surface area contributed by atoms with Gasteiger partial charge in [-0.05, 0) is 47.0 Å². The predicted molar refractivity (Wildman–Crippen MR) is 155 cm³/mol. The van der Waals surface area contributed by atoms with Crippen LogP contribution < -0.4 is 17.0 Å². The Balaban J connectivity index is 1.55. The van der Waals surface area contributed by atoms with Crippen LogP contribution in [-0.4, -0.2) is 20.4 Å². The van der Waals surface area contributed by atoms with Crippen molar-refractivity contribution in [1.82, 2.24) is 14.5 Å². The third-order valence-corrected chi connectivity index (χ3v) is 7.28. The van der Waals surface area contributed by atoms with E-state index in [1.807, 2.05) is 30.3 Å². The lowest BCUT2D eigenvalue weighted by molar-refractivity contribution is 0.100. The van der Waals surface area contributed by atoms with E-state index in [1.54, 1.807) is 54.7 Å². The van der Waals surface area contributed by atoms with Crippen molar-refractivity contribution < 1.29 is 4.79 Å². The second kappa shape index (κ2) is 9.54. The number of rotatable bonds is 4. The quantitative estimate of drug-likeness (QED) is 0.280. The fourth-order valence-electron chi connectivity index (χ4n) is 4.81. The van der Waals surface area contributed by atoms with Crippen molar-refractivity contribution >= 4 is 50.8 Å². The highest BCUT2D eigenvalue weighted by Gasteiger charge is 2.17. The summed E-state index contributed by atoms with van der Waals surface area (Å²) >= 11 is 12.8. The van der Waals surface area contributed by atoms with Gasteiger partial charge >= 0.3 is 5.69 Å². The minimum Gasteiger partial charge on any atom is -0.366 e. The van der Waals surface area contributed by atoms with E-state index < -0.39 is 17.2 Å². The van der Waals surface area contributed by atoms with E-state index in [0.717, 1.165) is 20.9 Å². The Kier molecular flexibility index (Phi) is 6.02. The van der Waals surface area contributed by atoms with E-state index in [1.165, 1.54) is 6.20 Å². The number of hydrogen-bond donors (Lipinski definition) is 2. The fraction of sp³-hybridized carbons (Fsp3) is 0. The lowest BCUT2D eigenvalue weighted by atomic mass is 9.93. The van der Waals surface area contributed by atoms with Crippen LogP contribution in [0.4, 0.5) is 0 Å². The monoisotopic (exact) mass is 552 g/mol. The Labute approximate surface area is 231 Å². The molecule has 190 valence electrons. The number of amides is 1. The third-order valence-electron chi connectivity index (χ3n) is 6.63. The molecule has 0 atom stereocenters. The van der Waals surface area contributed by atoms with Gasteiger partial charge in [0.05, 0.1) is 33.4 Å². The van der Waals surface area contributed by atoms with Crippen LogP contribution in [0.15, 0.2) is 101 Å². The van der Waals surface area contributed by atoms with Gasteiger partial charge in [0.15, 0.2) is 0 Å². The molecule has 0 unspecified atom stereocenters. The number of carbonyl (C=O) groups is 1. The molecule has 9 heteroatoms. The standard InChI is InChI=1S/C30H18Cl2N4O3/c31-23-11-9-16(12-22(23)28(33)37)20-6-3-7-24(32)27(20)17-8-10-21-25(13-17)35-30(39)36(29(21)38)26-15-34-14-18-4-1-2-5-19(18)26/h1-15H,(H2,33,37)(H,35,39). The van der Waals surface area contributed by atoms with Crippen LogP contribution in [0, 0.1) is 0 Å². The van der Waals surface area contributed by atoms with Gasteiger partial charge in [0.1, 0.15) is 0 Å². The zero-order chi connectivity index (χ0) is 27.3. The zero-order valence-electron chi connectivity index (χ0n) is 20.1. The highest BCUT2D eigenvalue weighted by Crippen LogP contribution is 2.39. The van der Waals surface area contributed by atoms with Gasteiger partial charge in [0, 0.05) is 27.6 Å². The summed E-state index contributed by atoms with van der Waals surface area (Å²) in [6, 6.07) is 22.9.